The van der Waals surface area contributed by atoms with Gasteiger partial charge in [-0.1, -0.05) is 7.43 Å². The quantitative estimate of drug-likeness (QED) is 0.474. The normalized spacial score (nSPS) is 8.43. The van der Waals surface area contributed by atoms with Crippen molar-refractivity contribution < 1.29 is 4.57 Å². The third-order valence-corrected chi connectivity index (χ3v) is 0. The first kappa shape index (κ1) is 15.7. The van der Waals surface area contributed by atoms with Gasteiger partial charge < -0.3 is 4.57 Å². The Kier molecular flexibility index (Phi) is 11.8. The van der Waals surface area contributed by atoms with Crippen molar-refractivity contribution in [1.29, 1.82) is 0 Å². The fraction of sp³-hybridized carbons (Fsp3) is 1.00. The minimum atomic E-state index is -1.64. The van der Waals surface area contributed by atoms with Gasteiger partial charge in [0.25, 0.3) is 0 Å². The molecule has 0 aromatic rings. The predicted octanol–water partition coefficient (Wildman–Crippen LogP) is 0.691. The van der Waals surface area contributed by atoms with Crippen molar-refractivity contribution in [2.24, 2.45) is 0 Å². The van der Waals surface area contributed by atoms with Gasteiger partial charge in [-0.2, -0.15) is 0 Å². The van der Waals surface area contributed by atoms with Crippen LogP contribution in [0.4, 0.5) is 0 Å². The molecule has 48 valence electrons. The average Bonchev–Trinajstić information content (AvgIpc) is 0.722. The molecule has 0 fully saturated rings. The molecule has 0 heterocycles. The topological polar surface area (TPSA) is 17.1 Å². The average molecular weight is 320 g/mol. The van der Waals surface area contributed by atoms with Crippen LogP contribution < -0.4 is 0 Å². The molecular formula is C4H16BiOP. The molecule has 0 atom stereocenters. The van der Waals surface area contributed by atoms with Crippen LogP contribution in [0.2, 0.25) is 0 Å². The van der Waals surface area contributed by atoms with E-state index in [1.165, 1.54) is 0 Å². The van der Waals surface area contributed by atoms with Crippen molar-refractivity contribution in [3.05, 3.63) is 0 Å². The summed E-state index contributed by atoms with van der Waals surface area (Å²) in [6.45, 7) is 5.23. The first-order valence-electron chi connectivity index (χ1n) is 1.52. The SMILES string of the molecule is C.CP(C)(C)=O.[BiH3]. The maximum atomic E-state index is 10.2. The van der Waals surface area contributed by atoms with E-state index in [1.54, 1.807) is 20.0 Å². The monoisotopic (exact) mass is 320 g/mol. The second-order valence-electron chi connectivity index (χ2n) is 1.89. The van der Waals surface area contributed by atoms with E-state index >= 15 is 0 Å². The van der Waals surface area contributed by atoms with Gasteiger partial charge in [0.05, 0.1) is 7.14 Å². The Balaban J connectivity index is -0.0000000800. The van der Waals surface area contributed by atoms with Crippen LogP contribution in [0, 0.1) is 0 Å². The van der Waals surface area contributed by atoms with Gasteiger partial charge in [-0.25, -0.2) is 0 Å². The molecule has 0 aliphatic carbocycles. The Morgan fingerprint density at radius 3 is 1.14 bits per heavy atom. The van der Waals surface area contributed by atoms with Crippen LogP contribution in [-0.2, 0) is 4.57 Å². The van der Waals surface area contributed by atoms with E-state index in [1.807, 2.05) is 0 Å². The second-order valence-corrected chi connectivity index (χ2v) is 5.67. The van der Waals surface area contributed by atoms with Gasteiger partial charge >= 0.3 is 26.2 Å². The zero-order valence-corrected chi connectivity index (χ0v) is 11.0. The van der Waals surface area contributed by atoms with Gasteiger partial charge in [-0.15, -0.1) is 0 Å². The van der Waals surface area contributed by atoms with E-state index in [9.17, 15) is 4.57 Å². The van der Waals surface area contributed by atoms with Crippen molar-refractivity contribution in [3.63, 3.8) is 0 Å². The van der Waals surface area contributed by atoms with Gasteiger partial charge in [0, 0.05) is 0 Å². The van der Waals surface area contributed by atoms with Crippen molar-refractivity contribution >= 4 is 33.3 Å². The molecule has 0 N–H and O–H groups in total. The van der Waals surface area contributed by atoms with Crippen LogP contribution in [0.15, 0.2) is 0 Å². The minimum absolute atomic E-state index is 0. The number of hydrogen-bond donors (Lipinski definition) is 0. The number of hydrogen-bond acceptors (Lipinski definition) is 1. The molecule has 0 amide bonds. The van der Waals surface area contributed by atoms with Gasteiger partial charge in [-0.3, -0.25) is 0 Å². The van der Waals surface area contributed by atoms with E-state index in [2.05, 4.69) is 0 Å². The molecule has 0 unspecified atom stereocenters. The molecule has 0 rings (SSSR count). The van der Waals surface area contributed by atoms with Crippen molar-refractivity contribution in [3.8, 4) is 0 Å². The summed E-state index contributed by atoms with van der Waals surface area (Å²) < 4.78 is 10.2. The summed E-state index contributed by atoms with van der Waals surface area (Å²) in [4.78, 5) is 0. The zero-order valence-electron chi connectivity index (χ0n) is 4.56. The fourth-order valence-electron chi connectivity index (χ4n) is 0. The first-order valence-corrected chi connectivity index (χ1v) is 4.57. The van der Waals surface area contributed by atoms with E-state index in [4.69, 9.17) is 0 Å². The van der Waals surface area contributed by atoms with Gasteiger partial charge in [0.2, 0.25) is 0 Å². The van der Waals surface area contributed by atoms with Crippen molar-refractivity contribution in [1.82, 2.24) is 0 Å². The van der Waals surface area contributed by atoms with Crippen LogP contribution >= 0.6 is 7.14 Å². The summed E-state index contributed by atoms with van der Waals surface area (Å²) in [7, 11) is -1.64. The molecular weight excluding hydrogens is 304 g/mol. The first-order chi connectivity index (χ1) is 2.00. The summed E-state index contributed by atoms with van der Waals surface area (Å²) in [5.74, 6) is 0. The van der Waals surface area contributed by atoms with Crippen LogP contribution in [-0.4, -0.2) is 46.2 Å². The molecule has 7 heavy (non-hydrogen) atoms. The summed E-state index contributed by atoms with van der Waals surface area (Å²) in [6, 6.07) is 0. The Morgan fingerprint density at radius 2 is 1.14 bits per heavy atom. The molecule has 0 aromatic heterocycles. The summed E-state index contributed by atoms with van der Waals surface area (Å²) in [6.07, 6.45) is 0. The van der Waals surface area contributed by atoms with Crippen LogP contribution in [0.3, 0.4) is 0 Å². The standard InChI is InChI=1S/C3H9OP.CH4.Bi.3H/c1-5(2,3)4;;;;;/h1-3H3;1H4;;;;. The molecule has 0 spiro atoms. The molecule has 0 aromatic carbocycles. The van der Waals surface area contributed by atoms with Crippen LogP contribution in [0.5, 0.6) is 0 Å². The van der Waals surface area contributed by atoms with E-state index in [-0.39, 0.29) is 33.6 Å². The summed E-state index contributed by atoms with van der Waals surface area (Å²) >= 11 is 0. The van der Waals surface area contributed by atoms with E-state index < -0.39 is 7.14 Å². The zero-order chi connectivity index (χ0) is 4.50. The molecule has 0 bridgehead atoms. The Labute approximate surface area is 65.4 Å². The summed E-state index contributed by atoms with van der Waals surface area (Å²) in [5.41, 5.74) is 0. The van der Waals surface area contributed by atoms with Crippen molar-refractivity contribution in [2.75, 3.05) is 20.0 Å². The molecule has 0 aliphatic heterocycles. The molecule has 0 saturated heterocycles. The third-order valence-electron chi connectivity index (χ3n) is 0. The Hall–Kier alpha value is 1.11. The van der Waals surface area contributed by atoms with Gasteiger partial charge in [0.1, 0.15) is 0 Å². The van der Waals surface area contributed by atoms with Crippen molar-refractivity contribution in [2.45, 2.75) is 7.43 Å². The molecule has 0 radical (unpaired) electrons. The predicted molar refractivity (Wildman–Crippen MR) is 42.0 cm³/mol. The fourth-order valence-corrected chi connectivity index (χ4v) is 0. The molecule has 3 heteroatoms. The molecule has 0 aliphatic rings. The van der Waals surface area contributed by atoms with E-state index in [0.29, 0.717) is 0 Å². The van der Waals surface area contributed by atoms with Gasteiger partial charge in [-0.05, 0) is 20.0 Å². The maximum absolute atomic E-state index is 10.2. The van der Waals surface area contributed by atoms with E-state index in [0.717, 1.165) is 0 Å². The van der Waals surface area contributed by atoms with Crippen LogP contribution in [0.1, 0.15) is 7.43 Å². The Morgan fingerprint density at radius 1 is 1.14 bits per heavy atom. The molecule has 0 saturated carbocycles. The third kappa shape index (κ3) is 150. The summed E-state index contributed by atoms with van der Waals surface area (Å²) in [5, 5.41) is 0. The molecule has 1 nitrogen and oxygen atoms in total. The van der Waals surface area contributed by atoms with Crippen LogP contribution in [0.25, 0.3) is 0 Å². The Bertz CT molecular complexity index is 57.8. The van der Waals surface area contributed by atoms with Gasteiger partial charge in [0.15, 0.2) is 0 Å². The number of rotatable bonds is 0. The second kappa shape index (κ2) is 5.25.